The normalized spacial score (nSPS) is 12.7. The maximum Gasteiger partial charge on any atom is 0.488 e. The molecule has 0 aliphatic carbocycles. The minimum atomic E-state index is -1.62. The van der Waals surface area contributed by atoms with Gasteiger partial charge in [0.1, 0.15) is 6.04 Å². The van der Waals surface area contributed by atoms with Gasteiger partial charge in [-0.25, -0.2) is 4.79 Å². The van der Waals surface area contributed by atoms with Gasteiger partial charge in [-0.3, -0.25) is 4.79 Å². The Bertz CT molecular complexity index is 829. The third-order valence-corrected chi connectivity index (χ3v) is 4.40. The van der Waals surface area contributed by atoms with Crippen molar-refractivity contribution in [3.63, 3.8) is 0 Å². The smallest absolute Gasteiger partial charge is 0.480 e. The van der Waals surface area contributed by atoms with Gasteiger partial charge in [0.2, 0.25) is 5.91 Å². The highest BCUT2D eigenvalue weighted by Crippen LogP contribution is 2.05. The number of rotatable bonds is 9. The van der Waals surface area contributed by atoms with Gasteiger partial charge in [-0.1, -0.05) is 48.5 Å². The second-order valence-corrected chi connectivity index (χ2v) is 6.64. The van der Waals surface area contributed by atoms with Crippen LogP contribution in [0.25, 0.3) is 0 Å². The largest absolute Gasteiger partial charge is 0.488 e. The minimum Gasteiger partial charge on any atom is -0.480 e. The summed E-state index contributed by atoms with van der Waals surface area (Å²) in [6, 6.07) is 10.0. The molecule has 2 rings (SSSR count). The summed E-state index contributed by atoms with van der Waals surface area (Å²) in [7, 11) is -3.21. The summed E-state index contributed by atoms with van der Waals surface area (Å²) in [6.07, 6.45) is 0.141. The number of carbonyl (C=O) groups is 2. The van der Waals surface area contributed by atoms with Crippen molar-refractivity contribution < 1.29 is 34.8 Å². The Kier molecular flexibility index (Phi) is 7.94. The number of carbonyl (C=O) groups excluding carboxylic acids is 1. The zero-order valence-electron chi connectivity index (χ0n) is 15.5. The van der Waals surface area contributed by atoms with E-state index < -0.39 is 38.2 Å². The predicted octanol–water partition coefficient (Wildman–Crippen LogP) is -3.27. The van der Waals surface area contributed by atoms with E-state index in [0.29, 0.717) is 16.6 Å². The molecule has 0 radical (unpaired) electrons. The van der Waals surface area contributed by atoms with E-state index in [2.05, 4.69) is 5.32 Å². The Morgan fingerprint density at radius 2 is 1.24 bits per heavy atom. The zero-order valence-corrected chi connectivity index (χ0v) is 15.5. The fourth-order valence-electron chi connectivity index (χ4n) is 2.71. The van der Waals surface area contributed by atoms with Crippen LogP contribution in [0.3, 0.4) is 0 Å². The van der Waals surface area contributed by atoms with Gasteiger partial charge in [-0.15, -0.1) is 0 Å². The lowest BCUT2D eigenvalue weighted by Gasteiger charge is -2.18. The lowest BCUT2D eigenvalue weighted by atomic mass is 9.80. The summed E-state index contributed by atoms with van der Waals surface area (Å²) in [4.78, 5) is 23.8. The molecule has 0 aliphatic rings. The Labute approximate surface area is 168 Å². The molecule has 0 unspecified atom stereocenters. The fourth-order valence-corrected chi connectivity index (χ4v) is 2.71. The number of nitrogens with two attached hydrogens (primary N) is 1. The SMILES string of the molecule is N[C@@H](Cc1ccc(B(O)O)cc1)C(=O)N[C@@H](Cc1ccc(B(O)O)cc1)C(=O)O. The lowest BCUT2D eigenvalue weighted by molar-refractivity contribution is -0.141. The maximum absolute atomic E-state index is 12.3. The number of nitrogens with one attached hydrogen (secondary N) is 1. The van der Waals surface area contributed by atoms with Gasteiger partial charge in [0.15, 0.2) is 0 Å². The van der Waals surface area contributed by atoms with E-state index in [-0.39, 0.29) is 18.3 Å². The van der Waals surface area contributed by atoms with Gasteiger partial charge in [0.05, 0.1) is 6.04 Å². The van der Waals surface area contributed by atoms with Crippen molar-refractivity contribution in [1.29, 1.82) is 0 Å². The molecule has 2 aromatic carbocycles. The van der Waals surface area contributed by atoms with Crippen LogP contribution in [0.5, 0.6) is 0 Å². The molecule has 0 aromatic heterocycles. The molecule has 0 bridgehead atoms. The summed E-state index contributed by atoms with van der Waals surface area (Å²) >= 11 is 0. The topological polar surface area (TPSA) is 173 Å². The van der Waals surface area contributed by atoms with Crippen molar-refractivity contribution in [3.05, 3.63) is 59.7 Å². The van der Waals surface area contributed by atoms with Crippen LogP contribution in [0.1, 0.15) is 11.1 Å². The minimum absolute atomic E-state index is 0.00131. The first kappa shape index (κ1) is 22.6. The van der Waals surface area contributed by atoms with Crippen molar-refractivity contribution in [2.45, 2.75) is 24.9 Å². The standard InChI is InChI=1S/C18H22B2N2O7/c21-15(9-11-1-5-13(6-2-11)19(26)27)17(23)22-16(18(24)25)10-12-3-7-14(8-4-12)20(28)29/h1-8,15-16,26-29H,9-10,21H2,(H,22,23)(H,24,25)/t15-,16-/m0/s1. The summed E-state index contributed by atoms with van der Waals surface area (Å²) < 4.78 is 0. The van der Waals surface area contributed by atoms with E-state index in [1.165, 1.54) is 24.3 Å². The van der Waals surface area contributed by atoms with Crippen molar-refractivity contribution >= 4 is 37.0 Å². The number of hydrogen-bond donors (Lipinski definition) is 7. The van der Waals surface area contributed by atoms with Crippen LogP contribution in [-0.4, -0.2) is 63.4 Å². The van der Waals surface area contributed by atoms with E-state index in [1.54, 1.807) is 24.3 Å². The van der Waals surface area contributed by atoms with Crippen LogP contribution < -0.4 is 22.0 Å². The summed E-state index contributed by atoms with van der Waals surface area (Å²) in [5.74, 6) is -1.86. The number of carboxylic acid groups (broad SMARTS) is 1. The fraction of sp³-hybridized carbons (Fsp3) is 0.222. The molecule has 0 heterocycles. The van der Waals surface area contributed by atoms with Crippen molar-refractivity contribution in [1.82, 2.24) is 5.32 Å². The zero-order chi connectivity index (χ0) is 21.6. The van der Waals surface area contributed by atoms with E-state index in [9.17, 15) is 14.7 Å². The number of amides is 1. The third-order valence-electron chi connectivity index (χ3n) is 4.40. The summed E-state index contributed by atoms with van der Waals surface area (Å²) in [5.41, 5.74) is 7.73. The second-order valence-electron chi connectivity index (χ2n) is 6.64. The lowest BCUT2D eigenvalue weighted by Crippen LogP contribution is -2.50. The van der Waals surface area contributed by atoms with Crippen LogP contribution >= 0.6 is 0 Å². The number of benzene rings is 2. The summed E-state index contributed by atoms with van der Waals surface area (Å²) in [6.45, 7) is 0. The Balaban J connectivity index is 1.98. The monoisotopic (exact) mass is 400 g/mol. The van der Waals surface area contributed by atoms with Gasteiger partial charge in [0.25, 0.3) is 0 Å². The molecule has 0 saturated carbocycles. The maximum atomic E-state index is 12.3. The van der Waals surface area contributed by atoms with Crippen LogP contribution in [-0.2, 0) is 22.4 Å². The molecule has 11 heteroatoms. The predicted molar refractivity (Wildman–Crippen MR) is 107 cm³/mol. The summed E-state index contributed by atoms with van der Waals surface area (Å²) in [5, 5.41) is 48.2. The number of aliphatic carboxylic acids is 1. The van der Waals surface area contributed by atoms with Gasteiger partial charge in [-0.2, -0.15) is 0 Å². The molecular formula is C18H22B2N2O7. The molecule has 8 N–H and O–H groups in total. The highest BCUT2D eigenvalue weighted by Gasteiger charge is 2.24. The first-order valence-corrected chi connectivity index (χ1v) is 8.86. The van der Waals surface area contributed by atoms with E-state index in [0.717, 1.165) is 0 Å². The highest BCUT2D eigenvalue weighted by atomic mass is 16.4. The molecule has 9 nitrogen and oxygen atoms in total. The van der Waals surface area contributed by atoms with E-state index in [1.807, 2.05) is 0 Å². The number of carboxylic acids is 1. The Hall–Kier alpha value is -2.69. The van der Waals surface area contributed by atoms with Crippen LogP contribution in [0.15, 0.2) is 48.5 Å². The average Bonchev–Trinajstić information content (AvgIpc) is 2.68. The van der Waals surface area contributed by atoms with Gasteiger partial charge in [-0.05, 0) is 28.5 Å². The molecule has 0 aliphatic heterocycles. The molecule has 0 fully saturated rings. The highest BCUT2D eigenvalue weighted by molar-refractivity contribution is 6.58. The van der Waals surface area contributed by atoms with Gasteiger partial charge < -0.3 is 36.3 Å². The molecular weight excluding hydrogens is 378 g/mol. The van der Waals surface area contributed by atoms with Crippen LogP contribution in [0.4, 0.5) is 0 Å². The first-order chi connectivity index (χ1) is 13.7. The molecule has 0 saturated heterocycles. The Morgan fingerprint density at radius 1 is 0.828 bits per heavy atom. The molecule has 1 amide bonds. The first-order valence-electron chi connectivity index (χ1n) is 8.86. The van der Waals surface area contributed by atoms with Crippen molar-refractivity contribution in [2.75, 3.05) is 0 Å². The van der Waals surface area contributed by atoms with E-state index in [4.69, 9.17) is 25.8 Å². The molecule has 0 spiro atoms. The number of hydrogen-bond acceptors (Lipinski definition) is 7. The molecule has 2 atom stereocenters. The van der Waals surface area contributed by atoms with Gasteiger partial charge in [0, 0.05) is 6.42 Å². The van der Waals surface area contributed by atoms with Crippen molar-refractivity contribution in [3.8, 4) is 0 Å². The molecule has 29 heavy (non-hydrogen) atoms. The van der Waals surface area contributed by atoms with Crippen LogP contribution in [0.2, 0.25) is 0 Å². The van der Waals surface area contributed by atoms with Crippen molar-refractivity contribution in [2.24, 2.45) is 5.73 Å². The van der Waals surface area contributed by atoms with Crippen LogP contribution in [0, 0.1) is 0 Å². The third kappa shape index (κ3) is 6.70. The Morgan fingerprint density at radius 3 is 1.62 bits per heavy atom. The molecule has 2 aromatic rings. The quantitative estimate of drug-likeness (QED) is 0.215. The van der Waals surface area contributed by atoms with E-state index >= 15 is 0 Å². The molecule has 152 valence electrons. The van der Waals surface area contributed by atoms with Gasteiger partial charge >= 0.3 is 20.2 Å². The second kappa shape index (κ2) is 10.2. The average molecular weight is 400 g/mol.